The van der Waals surface area contributed by atoms with Crippen molar-refractivity contribution in [3.8, 4) is 0 Å². The minimum absolute atomic E-state index is 0.122. The number of benzene rings is 1. The smallest absolute Gasteiger partial charge is 0.350 e. The molecule has 204 valence electrons. The van der Waals surface area contributed by atoms with Gasteiger partial charge in [0.05, 0.1) is 42.3 Å². The Labute approximate surface area is 222 Å². The highest BCUT2D eigenvalue weighted by Gasteiger charge is 2.67. The molecule has 12 nitrogen and oxygen atoms in total. The number of Topliss-reactive ketones (excluding diaryl/α,β-unsaturated/α-hetero) is 1. The van der Waals surface area contributed by atoms with Gasteiger partial charge in [-0.15, -0.1) is 0 Å². The number of methoxy groups -OCH3 is 1. The summed E-state index contributed by atoms with van der Waals surface area (Å²) < 4.78 is 21.3. The monoisotopic (exact) mass is 538 g/mol. The largest absolute Gasteiger partial charge is 0.472 e. The van der Waals surface area contributed by atoms with E-state index in [1.807, 2.05) is 0 Å². The molecule has 0 amide bonds. The van der Waals surface area contributed by atoms with Crippen LogP contribution in [0.1, 0.15) is 48.2 Å². The molecule has 12 heteroatoms. The molecule has 3 aliphatic rings. The Morgan fingerprint density at radius 3 is 2.62 bits per heavy atom. The molecule has 1 saturated heterocycles. The normalized spacial score (nSPS) is 31.7. The summed E-state index contributed by atoms with van der Waals surface area (Å²) in [7, 11) is 1.17. The maximum atomic E-state index is 14.1. The van der Waals surface area contributed by atoms with E-state index in [0.29, 0.717) is 5.56 Å². The first kappa shape index (κ1) is 26.3. The third-order valence-electron chi connectivity index (χ3n) is 8.32. The standard InChI is InChI=1S/C27H26N2O10/c1-26-12-20(14-8-10-37-13-14)39-25(33)16(26)7-9-27(28)17(24(32)36-2)11-19(21(30)22(26)27)38-23(31)15-5-3-4-6-18(15)29(34)35/h3-6,8,10-11,13,16-17,20,22H,7,9,12,28H2,1-2H3/t16-,17-,20-,22+,26-,27+/m0/s1. The topological polar surface area (TPSA) is 178 Å². The van der Waals surface area contributed by atoms with E-state index in [1.165, 1.54) is 37.8 Å². The van der Waals surface area contributed by atoms with Gasteiger partial charge in [0.25, 0.3) is 5.69 Å². The zero-order valence-electron chi connectivity index (χ0n) is 21.2. The molecule has 6 atom stereocenters. The van der Waals surface area contributed by atoms with Gasteiger partial charge in [0, 0.05) is 17.2 Å². The summed E-state index contributed by atoms with van der Waals surface area (Å²) in [4.78, 5) is 64.0. The number of fused-ring (bicyclic) bond motifs is 3. The SMILES string of the molecule is COC(=O)[C@@H]1C=C(OC(=O)c2ccccc2[N+](=O)[O-])C(=O)[C@@H]2[C@@]3(C)C[C@@H](c4ccoc4)OC(=O)[C@@H]3CC[C@]21N. The highest BCUT2D eigenvalue weighted by Crippen LogP contribution is 2.60. The summed E-state index contributed by atoms with van der Waals surface area (Å²) >= 11 is 0. The number of nitrogens with zero attached hydrogens (tertiary/aromatic N) is 1. The third kappa shape index (κ3) is 4.11. The number of carbonyl (C=O) groups is 4. The number of nitro groups is 1. The zero-order chi connectivity index (χ0) is 28.1. The second kappa shape index (κ2) is 9.45. The van der Waals surface area contributed by atoms with Crippen LogP contribution in [-0.2, 0) is 28.6 Å². The Bertz CT molecular complexity index is 1400. The molecule has 2 fully saturated rings. The zero-order valence-corrected chi connectivity index (χ0v) is 21.2. The molecule has 2 N–H and O–H groups in total. The van der Waals surface area contributed by atoms with Gasteiger partial charge in [-0.25, -0.2) is 4.79 Å². The van der Waals surface area contributed by atoms with Gasteiger partial charge in [-0.05, 0) is 42.9 Å². The summed E-state index contributed by atoms with van der Waals surface area (Å²) in [5, 5.41) is 11.4. The predicted molar refractivity (Wildman–Crippen MR) is 131 cm³/mol. The van der Waals surface area contributed by atoms with E-state index in [-0.39, 0.29) is 24.8 Å². The van der Waals surface area contributed by atoms with Gasteiger partial charge < -0.3 is 24.4 Å². The molecule has 1 aliphatic heterocycles. The molecule has 39 heavy (non-hydrogen) atoms. The Kier molecular flexibility index (Phi) is 6.37. The first-order chi connectivity index (χ1) is 18.5. The van der Waals surface area contributed by atoms with E-state index >= 15 is 0 Å². The van der Waals surface area contributed by atoms with Crippen LogP contribution < -0.4 is 5.73 Å². The Morgan fingerprint density at radius 2 is 1.95 bits per heavy atom. The average molecular weight is 539 g/mol. The van der Waals surface area contributed by atoms with Crippen LogP contribution in [0.4, 0.5) is 5.69 Å². The van der Waals surface area contributed by atoms with E-state index in [2.05, 4.69) is 0 Å². The predicted octanol–water partition coefficient (Wildman–Crippen LogP) is 3.02. The lowest BCUT2D eigenvalue weighted by Crippen LogP contribution is -2.70. The number of carbonyl (C=O) groups excluding carboxylic acids is 4. The lowest BCUT2D eigenvalue weighted by atomic mass is 9.47. The summed E-state index contributed by atoms with van der Waals surface area (Å²) in [5.74, 6) is -6.62. The summed E-state index contributed by atoms with van der Waals surface area (Å²) in [6, 6.07) is 6.78. The minimum Gasteiger partial charge on any atom is -0.472 e. The van der Waals surface area contributed by atoms with Crippen LogP contribution in [0.5, 0.6) is 0 Å². The fourth-order valence-corrected chi connectivity index (χ4v) is 6.51. The van der Waals surface area contributed by atoms with Crippen LogP contribution in [-0.4, -0.2) is 41.3 Å². The fourth-order valence-electron chi connectivity index (χ4n) is 6.51. The molecule has 2 heterocycles. The molecule has 0 spiro atoms. The molecule has 2 aromatic rings. The van der Waals surface area contributed by atoms with E-state index in [1.54, 1.807) is 13.0 Å². The van der Waals surface area contributed by atoms with Crippen molar-refractivity contribution in [3.63, 3.8) is 0 Å². The molecular formula is C27H26N2O10. The van der Waals surface area contributed by atoms with Gasteiger partial charge >= 0.3 is 17.9 Å². The van der Waals surface area contributed by atoms with Crippen molar-refractivity contribution in [3.05, 3.63) is 75.9 Å². The Morgan fingerprint density at radius 1 is 1.21 bits per heavy atom. The number of ether oxygens (including phenoxy) is 3. The summed E-state index contributed by atoms with van der Waals surface area (Å²) in [5.41, 5.74) is 4.04. The molecular weight excluding hydrogens is 512 g/mol. The molecule has 0 unspecified atom stereocenters. The number of para-hydroxylation sites is 1. The molecule has 0 radical (unpaired) electrons. The second-order valence-electron chi connectivity index (χ2n) is 10.4. The molecule has 1 aromatic carbocycles. The fraction of sp³-hybridized carbons (Fsp3) is 0.407. The molecule has 0 bridgehead atoms. The van der Waals surface area contributed by atoms with Crippen molar-refractivity contribution in [2.45, 2.75) is 37.8 Å². The first-order valence-corrected chi connectivity index (χ1v) is 12.3. The van der Waals surface area contributed by atoms with Crippen LogP contribution in [0.15, 0.2) is 59.1 Å². The quantitative estimate of drug-likeness (QED) is 0.256. The number of rotatable bonds is 5. The van der Waals surface area contributed by atoms with Gasteiger partial charge in [-0.1, -0.05) is 19.1 Å². The van der Waals surface area contributed by atoms with Gasteiger partial charge in [-0.3, -0.25) is 24.5 Å². The van der Waals surface area contributed by atoms with Crippen LogP contribution in [0.3, 0.4) is 0 Å². The van der Waals surface area contributed by atoms with Gasteiger partial charge in [0.15, 0.2) is 5.76 Å². The van der Waals surface area contributed by atoms with Crippen LogP contribution in [0.2, 0.25) is 0 Å². The Hall–Kier alpha value is -4.32. The number of furan rings is 1. The average Bonchev–Trinajstić information content (AvgIpc) is 3.44. The lowest BCUT2D eigenvalue weighted by molar-refractivity contribution is -0.385. The summed E-state index contributed by atoms with van der Waals surface area (Å²) in [6.45, 7) is 1.75. The molecule has 5 rings (SSSR count). The number of cyclic esters (lactones) is 1. The number of nitrogens with two attached hydrogens (primary N) is 1. The number of hydrogen-bond donors (Lipinski definition) is 1. The van der Waals surface area contributed by atoms with Crippen molar-refractivity contribution >= 4 is 29.4 Å². The van der Waals surface area contributed by atoms with Crippen molar-refractivity contribution in [1.29, 1.82) is 0 Å². The Balaban J connectivity index is 1.58. The molecule has 1 saturated carbocycles. The van der Waals surface area contributed by atoms with Gasteiger partial charge in [0.2, 0.25) is 5.78 Å². The maximum absolute atomic E-state index is 14.1. The highest BCUT2D eigenvalue weighted by molar-refractivity contribution is 6.04. The minimum atomic E-state index is -1.46. The van der Waals surface area contributed by atoms with Crippen molar-refractivity contribution < 1.29 is 42.7 Å². The van der Waals surface area contributed by atoms with Crippen LogP contribution >= 0.6 is 0 Å². The van der Waals surface area contributed by atoms with Gasteiger partial charge in [0.1, 0.15) is 11.7 Å². The van der Waals surface area contributed by atoms with E-state index in [9.17, 15) is 29.3 Å². The first-order valence-electron chi connectivity index (χ1n) is 12.3. The van der Waals surface area contributed by atoms with E-state index in [0.717, 1.165) is 12.1 Å². The van der Waals surface area contributed by atoms with Gasteiger partial charge in [-0.2, -0.15) is 0 Å². The maximum Gasteiger partial charge on any atom is 0.350 e. The van der Waals surface area contributed by atoms with E-state index in [4.69, 9.17) is 24.4 Å². The van der Waals surface area contributed by atoms with Crippen LogP contribution in [0, 0.1) is 33.3 Å². The van der Waals surface area contributed by atoms with Crippen LogP contribution in [0.25, 0.3) is 0 Å². The lowest BCUT2D eigenvalue weighted by Gasteiger charge is -2.59. The highest BCUT2D eigenvalue weighted by atomic mass is 16.6. The van der Waals surface area contributed by atoms with Crippen molar-refractivity contribution in [1.82, 2.24) is 0 Å². The summed E-state index contributed by atoms with van der Waals surface area (Å²) in [6.07, 6.45) is 3.88. The number of nitro benzene ring substituents is 1. The van der Waals surface area contributed by atoms with Crippen molar-refractivity contribution in [2.24, 2.45) is 28.9 Å². The number of hydrogen-bond acceptors (Lipinski definition) is 11. The van der Waals surface area contributed by atoms with E-state index < -0.39 is 74.9 Å². The number of esters is 3. The molecule has 1 aromatic heterocycles. The molecule has 2 aliphatic carbocycles. The third-order valence-corrected chi connectivity index (χ3v) is 8.32. The number of allylic oxidation sites excluding steroid dienone is 1. The second-order valence-corrected chi connectivity index (χ2v) is 10.4. The van der Waals surface area contributed by atoms with Crippen molar-refractivity contribution in [2.75, 3.05) is 7.11 Å². The number of ketones is 1.